The van der Waals surface area contributed by atoms with Crippen molar-refractivity contribution in [3.8, 4) is 0 Å². The molecule has 200 valence electrons. The Labute approximate surface area is 220 Å². The van der Waals surface area contributed by atoms with Crippen LogP contribution in [-0.2, 0) is 26.5 Å². The number of halogens is 3. The Morgan fingerprint density at radius 2 is 1.82 bits per heavy atom. The van der Waals surface area contributed by atoms with Gasteiger partial charge in [0.15, 0.2) is 6.10 Å². The van der Waals surface area contributed by atoms with Gasteiger partial charge < -0.3 is 20.1 Å². The standard InChI is InChI=1S/C24H23N3O3S.C2HF3O2/c28-22(26-16-17-5-3-11-25-15-17)21-18-6-1-2-7-19(18)24(30-21)9-12-27(13-10-24)23(29)20-8-4-14-31-20;3-2(4,5)1(6)7/h1-8,11,14-15,21H,9-10,12-13,16H2,(H,26,28);(H,6,7). The van der Waals surface area contributed by atoms with E-state index in [1.165, 1.54) is 11.3 Å². The third kappa shape index (κ3) is 6.03. The lowest BCUT2D eigenvalue weighted by molar-refractivity contribution is -0.192. The molecule has 1 fully saturated rings. The topological polar surface area (TPSA) is 109 Å². The molecule has 2 aromatic heterocycles. The van der Waals surface area contributed by atoms with E-state index in [-0.39, 0.29) is 11.8 Å². The number of amides is 2. The van der Waals surface area contributed by atoms with Gasteiger partial charge in [0.1, 0.15) is 0 Å². The molecule has 38 heavy (non-hydrogen) atoms. The number of aromatic nitrogens is 1. The van der Waals surface area contributed by atoms with E-state index in [0.717, 1.165) is 21.6 Å². The predicted molar refractivity (Wildman–Crippen MR) is 131 cm³/mol. The monoisotopic (exact) mass is 547 g/mol. The van der Waals surface area contributed by atoms with Crippen LogP contribution in [0.2, 0.25) is 0 Å². The number of likely N-dealkylation sites (tertiary alicyclic amines) is 1. The van der Waals surface area contributed by atoms with Crippen LogP contribution in [0.15, 0.2) is 66.3 Å². The molecule has 2 aliphatic rings. The molecule has 3 aromatic rings. The number of alkyl halides is 3. The highest BCUT2D eigenvalue weighted by Gasteiger charge is 2.49. The first kappa shape index (κ1) is 27.3. The van der Waals surface area contributed by atoms with Crippen LogP contribution in [0, 0.1) is 0 Å². The number of carbonyl (C=O) groups excluding carboxylic acids is 2. The van der Waals surface area contributed by atoms with E-state index in [4.69, 9.17) is 14.6 Å². The van der Waals surface area contributed by atoms with Gasteiger partial charge in [-0.2, -0.15) is 13.2 Å². The van der Waals surface area contributed by atoms with E-state index in [9.17, 15) is 22.8 Å². The minimum absolute atomic E-state index is 0.0712. The molecule has 0 radical (unpaired) electrons. The van der Waals surface area contributed by atoms with Crippen molar-refractivity contribution in [3.05, 3.63) is 87.9 Å². The molecule has 1 spiro atoms. The van der Waals surface area contributed by atoms with Gasteiger partial charge in [-0.1, -0.05) is 36.4 Å². The summed E-state index contributed by atoms with van der Waals surface area (Å²) in [5.74, 6) is -2.83. The first-order chi connectivity index (χ1) is 18.1. The molecule has 0 bridgehead atoms. The van der Waals surface area contributed by atoms with Crippen molar-refractivity contribution in [1.82, 2.24) is 15.2 Å². The average molecular weight is 548 g/mol. The summed E-state index contributed by atoms with van der Waals surface area (Å²) < 4.78 is 38.2. The van der Waals surface area contributed by atoms with Gasteiger partial charge in [-0.05, 0) is 47.0 Å². The number of hydrogen-bond acceptors (Lipinski definition) is 6. The molecule has 8 nitrogen and oxygen atoms in total. The van der Waals surface area contributed by atoms with Crippen LogP contribution in [0.1, 0.15) is 45.3 Å². The number of carbonyl (C=O) groups is 3. The van der Waals surface area contributed by atoms with E-state index in [1.54, 1.807) is 12.4 Å². The Bertz CT molecular complexity index is 1280. The van der Waals surface area contributed by atoms with Crippen molar-refractivity contribution in [1.29, 1.82) is 0 Å². The van der Waals surface area contributed by atoms with Gasteiger partial charge in [-0.15, -0.1) is 11.3 Å². The van der Waals surface area contributed by atoms with Gasteiger partial charge in [0.25, 0.3) is 11.8 Å². The van der Waals surface area contributed by atoms with Crippen molar-refractivity contribution in [3.63, 3.8) is 0 Å². The molecule has 2 amide bonds. The SMILES string of the molecule is O=C(NCc1cccnc1)C1OC2(CCN(C(=O)c3cccs3)CC2)c2ccccc21.O=C(O)C(F)(F)F. The zero-order chi connectivity index (χ0) is 27.3. The molecule has 0 saturated carbocycles. The van der Waals surface area contributed by atoms with Crippen LogP contribution in [0.5, 0.6) is 0 Å². The van der Waals surface area contributed by atoms with Gasteiger partial charge >= 0.3 is 12.1 Å². The third-order valence-corrected chi connectivity index (χ3v) is 7.20. The summed E-state index contributed by atoms with van der Waals surface area (Å²) in [6.45, 7) is 1.62. The zero-order valence-electron chi connectivity index (χ0n) is 20.0. The summed E-state index contributed by atoms with van der Waals surface area (Å²) in [7, 11) is 0. The number of hydrogen-bond donors (Lipinski definition) is 2. The first-order valence-electron chi connectivity index (χ1n) is 11.7. The summed E-state index contributed by atoms with van der Waals surface area (Å²) in [6.07, 6.45) is -0.930. The molecule has 2 N–H and O–H groups in total. The largest absolute Gasteiger partial charge is 0.490 e. The van der Waals surface area contributed by atoms with E-state index >= 15 is 0 Å². The van der Waals surface area contributed by atoms with Crippen LogP contribution in [0.4, 0.5) is 13.2 Å². The number of nitrogens with one attached hydrogen (secondary N) is 1. The number of piperidine rings is 1. The first-order valence-corrected chi connectivity index (χ1v) is 12.6. The molecule has 1 saturated heterocycles. The van der Waals surface area contributed by atoms with Crippen molar-refractivity contribution in [2.24, 2.45) is 0 Å². The number of fused-ring (bicyclic) bond motifs is 2. The number of benzene rings is 1. The van der Waals surface area contributed by atoms with Crippen molar-refractivity contribution < 1.29 is 37.4 Å². The fourth-order valence-corrected chi connectivity index (χ4v) is 5.18. The molecule has 12 heteroatoms. The normalized spacial score (nSPS) is 17.8. The Balaban J connectivity index is 0.000000426. The van der Waals surface area contributed by atoms with E-state index < -0.39 is 23.9 Å². The molecule has 2 aliphatic heterocycles. The number of aliphatic carboxylic acids is 1. The molecule has 4 heterocycles. The van der Waals surface area contributed by atoms with Gasteiger partial charge in [-0.3, -0.25) is 14.6 Å². The number of thiophene rings is 1. The maximum Gasteiger partial charge on any atom is 0.490 e. The lowest BCUT2D eigenvalue weighted by Gasteiger charge is -2.39. The van der Waals surface area contributed by atoms with Crippen LogP contribution in [0.3, 0.4) is 0 Å². The maximum absolute atomic E-state index is 13.0. The second kappa shape index (κ2) is 11.3. The maximum atomic E-state index is 13.0. The van der Waals surface area contributed by atoms with Gasteiger partial charge in [0, 0.05) is 32.0 Å². The fourth-order valence-electron chi connectivity index (χ4n) is 4.49. The summed E-state index contributed by atoms with van der Waals surface area (Å²) in [6, 6.07) is 15.5. The van der Waals surface area contributed by atoms with Crippen LogP contribution in [0.25, 0.3) is 0 Å². The number of nitrogens with zero attached hydrogens (tertiary/aromatic N) is 2. The third-order valence-electron chi connectivity index (χ3n) is 6.34. The average Bonchev–Trinajstić information content (AvgIpc) is 3.56. The Kier molecular flexibility index (Phi) is 8.12. The summed E-state index contributed by atoms with van der Waals surface area (Å²) in [5, 5.41) is 12.0. The quantitative estimate of drug-likeness (QED) is 0.505. The predicted octanol–water partition coefficient (Wildman–Crippen LogP) is 4.30. The second-order valence-electron chi connectivity index (χ2n) is 8.73. The minimum atomic E-state index is -5.08. The molecular formula is C26H24F3N3O5S. The Morgan fingerprint density at radius 1 is 1.11 bits per heavy atom. The Hall–Kier alpha value is -3.77. The van der Waals surface area contributed by atoms with Gasteiger partial charge in [0.2, 0.25) is 0 Å². The van der Waals surface area contributed by atoms with Crippen molar-refractivity contribution in [2.45, 2.75) is 37.3 Å². The summed E-state index contributed by atoms with van der Waals surface area (Å²) >= 11 is 1.47. The molecule has 5 rings (SSSR count). The fraction of sp³-hybridized carbons (Fsp3) is 0.308. The van der Waals surface area contributed by atoms with E-state index in [2.05, 4.69) is 16.4 Å². The van der Waals surface area contributed by atoms with Crippen LogP contribution >= 0.6 is 11.3 Å². The zero-order valence-corrected chi connectivity index (χ0v) is 20.8. The molecule has 1 atom stereocenters. The van der Waals surface area contributed by atoms with Gasteiger partial charge in [0.05, 0.1) is 10.5 Å². The smallest absolute Gasteiger partial charge is 0.475 e. The second-order valence-corrected chi connectivity index (χ2v) is 9.68. The molecule has 1 aromatic carbocycles. The van der Waals surface area contributed by atoms with Crippen molar-refractivity contribution in [2.75, 3.05) is 13.1 Å². The van der Waals surface area contributed by atoms with Gasteiger partial charge in [-0.25, -0.2) is 4.79 Å². The number of rotatable bonds is 4. The number of pyridine rings is 1. The number of ether oxygens (including phenoxy) is 1. The lowest BCUT2D eigenvalue weighted by Crippen LogP contribution is -2.45. The van der Waals surface area contributed by atoms with Crippen LogP contribution < -0.4 is 5.32 Å². The number of carboxylic acid groups (broad SMARTS) is 1. The number of carboxylic acids is 1. The molecule has 1 unspecified atom stereocenters. The molecular weight excluding hydrogens is 523 g/mol. The molecule has 0 aliphatic carbocycles. The summed E-state index contributed by atoms with van der Waals surface area (Å²) in [5.41, 5.74) is 2.40. The lowest BCUT2D eigenvalue weighted by atomic mass is 9.83. The minimum Gasteiger partial charge on any atom is -0.475 e. The van der Waals surface area contributed by atoms with Crippen LogP contribution in [-0.4, -0.2) is 52.0 Å². The summed E-state index contributed by atoms with van der Waals surface area (Å²) in [4.78, 5) is 41.4. The van der Waals surface area contributed by atoms with E-state index in [0.29, 0.717) is 32.5 Å². The van der Waals surface area contributed by atoms with E-state index in [1.807, 2.05) is 52.7 Å². The Morgan fingerprint density at radius 3 is 2.42 bits per heavy atom. The highest BCUT2D eigenvalue weighted by molar-refractivity contribution is 7.12. The highest BCUT2D eigenvalue weighted by Crippen LogP contribution is 2.49. The van der Waals surface area contributed by atoms with Crippen molar-refractivity contribution >= 4 is 29.1 Å². The highest BCUT2D eigenvalue weighted by atomic mass is 32.1.